The van der Waals surface area contributed by atoms with E-state index in [2.05, 4.69) is 16.7 Å². The van der Waals surface area contributed by atoms with Crippen LogP contribution in [0.15, 0.2) is 91.0 Å². The van der Waals surface area contributed by atoms with Crippen molar-refractivity contribution in [3.8, 4) is 16.9 Å². The maximum atomic E-state index is 11.0. The monoisotopic (exact) mass is 437 g/mol. The van der Waals surface area contributed by atoms with Gasteiger partial charge in [0.25, 0.3) is 0 Å². The topological polar surface area (TPSA) is 130 Å². The largest absolute Gasteiger partial charge is 0.524 e. The number of nitrogens with two attached hydrogens (primary N) is 1. The Hall–Kier alpha value is -3.64. The summed E-state index contributed by atoms with van der Waals surface area (Å²) < 4.78 is 15.2. The number of hydrogen-bond donors (Lipinski definition) is 4. The number of phosphoric acid groups is 1. The third kappa shape index (κ3) is 5.93. The molecule has 0 aliphatic rings. The fraction of sp³-hybridized carbons (Fsp3) is 0. The first-order chi connectivity index (χ1) is 14.7. The number of carboxylic acids is 1. The van der Waals surface area contributed by atoms with Gasteiger partial charge in [0, 0.05) is 11.3 Å². The molecule has 8 heteroatoms. The molecule has 7 nitrogen and oxygen atoms in total. The predicted molar refractivity (Wildman–Crippen MR) is 120 cm³/mol. The molecular weight excluding hydrogens is 417 g/mol. The maximum Gasteiger partial charge on any atom is 0.524 e. The van der Waals surface area contributed by atoms with Gasteiger partial charge in [0.15, 0.2) is 0 Å². The molecule has 31 heavy (non-hydrogen) atoms. The molecular formula is C23H20NO6P. The number of anilines is 1. The van der Waals surface area contributed by atoms with E-state index in [9.17, 15) is 9.36 Å². The van der Waals surface area contributed by atoms with E-state index in [1.165, 1.54) is 17.7 Å². The summed E-state index contributed by atoms with van der Waals surface area (Å²) in [6.07, 6.45) is 0. The molecule has 0 bridgehead atoms. The number of fused-ring (bicyclic) bond motifs is 1. The number of nitrogen functional groups attached to an aromatic ring is 1. The van der Waals surface area contributed by atoms with Gasteiger partial charge in [-0.05, 0) is 34.5 Å². The first kappa shape index (κ1) is 22.1. The molecule has 0 saturated heterocycles. The van der Waals surface area contributed by atoms with Gasteiger partial charge in [-0.25, -0.2) is 9.36 Å². The average Bonchev–Trinajstić information content (AvgIpc) is 2.73. The van der Waals surface area contributed by atoms with Gasteiger partial charge in [0.05, 0.1) is 0 Å². The van der Waals surface area contributed by atoms with Crippen LogP contribution in [0.3, 0.4) is 0 Å². The molecule has 0 aliphatic heterocycles. The van der Waals surface area contributed by atoms with Crippen LogP contribution in [0.2, 0.25) is 0 Å². The molecule has 0 unspecified atom stereocenters. The molecule has 0 atom stereocenters. The van der Waals surface area contributed by atoms with Crippen molar-refractivity contribution < 1.29 is 28.8 Å². The van der Waals surface area contributed by atoms with Crippen LogP contribution >= 0.6 is 7.82 Å². The lowest BCUT2D eigenvalue weighted by atomic mass is 10.0. The highest BCUT2D eigenvalue weighted by molar-refractivity contribution is 7.46. The van der Waals surface area contributed by atoms with E-state index in [-0.39, 0.29) is 11.3 Å². The second-order valence-electron chi connectivity index (χ2n) is 6.54. The fourth-order valence-corrected chi connectivity index (χ4v) is 3.38. The number of carboxylic acid groups (broad SMARTS) is 1. The average molecular weight is 437 g/mol. The molecule has 0 spiro atoms. The summed E-state index contributed by atoms with van der Waals surface area (Å²) in [6.45, 7) is 0. The van der Waals surface area contributed by atoms with Gasteiger partial charge in [-0.15, -0.1) is 0 Å². The van der Waals surface area contributed by atoms with E-state index >= 15 is 0 Å². The molecule has 4 aromatic rings. The van der Waals surface area contributed by atoms with Crippen molar-refractivity contribution in [3.63, 3.8) is 0 Å². The molecule has 0 saturated carbocycles. The van der Waals surface area contributed by atoms with Crippen molar-refractivity contribution in [1.82, 2.24) is 0 Å². The summed E-state index contributed by atoms with van der Waals surface area (Å²) in [6, 6.07) is 27.5. The van der Waals surface area contributed by atoms with Crippen LogP contribution in [0.1, 0.15) is 10.4 Å². The number of aromatic carboxylic acids is 1. The highest BCUT2D eigenvalue weighted by Gasteiger charge is 2.21. The zero-order chi connectivity index (χ0) is 22.4. The zero-order valence-corrected chi connectivity index (χ0v) is 17.1. The van der Waals surface area contributed by atoms with Crippen LogP contribution in [-0.2, 0) is 4.57 Å². The molecule has 0 heterocycles. The Morgan fingerprint density at radius 2 is 1.35 bits per heavy atom. The third-order valence-corrected chi connectivity index (χ3v) is 4.78. The first-order valence-corrected chi connectivity index (χ1v) is 10.7. The van der Waals surface area contributed by atoms with E-state index in [0.29, 0.717) is 10.8 Å². The molecule has 0 amide bonds. The minimum Gasteiger partial charge on any atom is -0.478 e. The molecule has 0 radical (unpaired) electrons. The van der Waals surface area contributed by atoms with Crippen LogP contribution in [-0.4, -0.2) is 20.9 Å². The highest BCUT2D eigenvalue weighted by atomic mass is 31.2. The van der Waals surface area contributed by atoms with E-state index in [1.54, 1.807) is 24.3 Å². The van der Waals surface area contributed by atoms with E-state index < -0.39 is 13.8 Å². The third-order valence-electron chi connectivity index (χ3n) is 4.34. The molecule has 4 aromatic carbocycles. The van der Waals surface area contributed by atoms with Crippen LogP contribution < -0.4 is 10.3 Å². The summed E-state index contributed by atoms with van der Waals surface area (Å²) in [5.41, 5.74) is 8.65. The maximum absolute atomic E-state index is 11.0. The van der Waals surface area contributed by atoms with Crippen molar-refractivity contribution in [2.24, 2.45) is 0 Å². The number of phosphoric ester groups is 1. The summed E-state index contributed by atoms with van der Waals surface area (Å²) in [5, 5.41) is 10.3. The van der Waals surface area contributed by atoms with Crippen LogP contribution in [0.5, 0.6) is 5.75 Å². The van der Waals surface area contributed by atoms with Crippen molar-refractivity contribution >= 4 is 30.3 Å². The smallest absolute Gasteiger partial charge is 0.478 e. The highest BCUT2D eigenvalue weighted by Crippen LogP contribution is 2.40. The molecule has 5 N–H and O–H groups in total. The predicted octanol–water partition coefficient (Wildman–Crippen LogP) is 4.95. The number of hydrogen-bond acceptors (Lipinski definition) is 4. The van der Waals surface area contributed by atoms with Crippen LogP contribution in [0.25, 0.3) is 21.9 Å². The Kier molecular flexibility index (Phi) is 6.72. The lowest BCUT2D eigenvalue weighted by Gasteiger charge is -2.10. The van der Waals surface area contributed by atoms with Crippen LogP contribution in [0.4, 0.5) is 5.69 Å². The van der Waals surface area contributed by atoms with Gasteiger partial charge in [-0.2, -0.15) is 0 Å². The van der Waals surface area contributed by atoms with Crippen molar-refractivity contribution in [1.29, 1.82) is 0 Å². The number of para-hydroxylation sites is 1. The lowest BCUT2D eigenvalue weighted by molar-refractivity contribution is 0.0695. The SMILES string of the molecule is Nc1ccccc1-c1ccccc1.O=C(O)c1cc2ccccc2cc1OP(=O)(O)O. The van der Waals surface area contributed by atoms with E-state index in [4.69, 9.17) is 20.6 Å². The van der Waals surface area contributed by atoms with Gasteiger partial charge in [0.2, 0.25) is 0 Å². The quantitative estimate of drug-likeness (QED) is 0.263. The summed E-state index contributed by atoms with van der Waals surface area (Å²) in [7, 11) is -4.80. The molecule has 0 fully saturated rings. The Balaban J connectivity index is 0.000000185. The minimum absolute atomic E-state index is 0.294. The molecule has 158 valence electrons. The molecule has 4 rings (SSSR count). The number of carbonyl (C=O) groups is 1. The second kappa shape index (κ2) is 9.45. The Morgan fingerprint density at radius 3 is 1.94 bits per heavy atom. The first-order valence-electron chi connectivity index (χ1n) is 9.16. The van der Waals surface area contributed by atoms with E-state index in [1.807, 2.05) is 42.5 Å². The number of rotatable bonds is 4. The normalized spacial score (nSPS) is 10.8. The summed E-state index contributed by atoms with van der Waals surface area (Å²) in [5.74, 6) is -1.67. The fourth-order valence-electron chi connectivity index (χ4n) is 2.97. The summed E-state index contributed by atoms with van der Waals surface area (Å²) in [4.78, 5) is 28.5. The van der Waals surface area contributed by atoms with Crippen molar-refractivity contribution in [2.45, 2.75) is 0 Å². The van der Waals surface area contributed by atoms with Crippen molar-refractivity contribution in [3.05, 3.63) is 96.6 Å². The number of benzene rings is 4. The minimum atomic E-state index is -4.80. The molecule has 0 aliphatic carbocycles. The summed E-state index contributed by atoms with van der Waals surface area (Å²) >= 11 is 0. The second-order valence-corrected chi connectivity index (χ2v) is 7.70. The standard InChI is InChI=1S/C12H11N.C11H9O6P/c13-12-9-5-4-8-11(12)10-6-2-1-3-7-10;12-11(13)9-5-7-3-1-2-4-8(7)6-10(9)17-18(14,15)16/h1-9H,13H2;1-6H,(H,12,13)(H2,14,15,16). The van der Waals surface area contributed by atoms with Gasteiger partial charge in [-0.3, -0.25) is 9.79 Å². The van der Waals surface area contributed by atoms with Gasteiger partial charge in [-0.1, -0.05) is 72.8 Å². The van der Waals surface area contributed by atoms with Gasteiger partial charge in [0.1, 0.15) is 11.3 Å². The lowest BCUT2D eigenvalue weighted by Crippen LogP contribution is -2.01. The van der Waals surface area contributed by atoms with Gasteiger partial charge < -0.3 is 15.4 Å². The Labute approximate surface area is 178 Å². The Morgan fingerprint density at radius 1 is 0.806 bits per heavy atom. The van der Waals surface area contributed by atoms with Crippen LogP contribution in [0, 0.1) is 0 Å². The zero-order valence-electron chi connectivity index (χ0n) is 16.3. The Bertz CT molecular complexity index is 1250. The van der Waals surface area contributed by atoms with Crippen molar-refractivity contribution in [2.75, 3.05) is 5.73 Å². The molecule has 0 aromatic heterocycles. The van der Waals surface area contributed by atoms with E-state index in [0.717, 1.165) is 11.3 Å². The van der Waals surface area contributed by atoms with Gasteiger partial charge >= 0.3 is 13.8 Å².